The van der Waals surface area contributed by atoms with Gasteiger partial charge in [0.05, 0.1) is 6.54 Å². The van der Waals surface area contributed by atoms with Gasteiger partial charge in [0.1, 0.15) is 11.9 Å². The number of alkyl halides is 2. The van der Waals surface area contributed by atoms with Crippen LogP contribution in [0.15, 0.2) is 47.7 Å². The van der Waals surface area contributed by atoms with E-state index in [1.807, 2.05) is 30.3 Å². The number of aliphatic imine (C=N–C) groups is 1. The minimum absolute atomic E-state index is 0. The van der Waals surface area contributed by atoms with Crippen molar-refractivity contribution in [3.05, 3.63) is 53.4 Å². The van der Waals surface area contributed by atoms with Crippen molar-refractivity contribution in [2.45, 2.75) is 19.2 Å². The van der Waals surface area contributed by atoms with E-state index in [0.717, 1.165) is 19.5 Å². The second-order valence-electron chi connectivity index (χ2n) is 5.54. The van der Waals surface area contributed by atoms with Crippen LogP contribution in [0.1, 0.15) is 23.4 Å². The molecule has 0 aliphatic heterocycles. The Kier molecular flexibility index (Phi) is 7.92. The van der Waals surface area contributed by atoms with Crippen molar-refractivity contribution in [1.29, 1.82) is 0 Å². The second-order valence-corrected chi connectivity index (χ2v) is 6.65. The number of benzene rings is 1. The van der Waals surface area contributed by atoms with Crippen LogP contribution >= 0.6 is 35.3 Å². The van der Waals surface area contributed by atoms with Crippen LogP contribution in [0.2, 0.25) is 0 Å². The summed E-state index contributed by atoms with van der Waals surface area (Å²) in [5, 5.41) is 17.4. The van der Waals surface area contributed by atoms with Crippen molar-refractivity contribution in [1.82, 2.24) is 20.2 Å². The minimum atomic E-state index is -2.64. The average Bonchev–Trinajstić information content (AvgIpc) is 3.28. The van der Waals surface area contributed by atoms with Gasteiger partial charge in [-0.05, 0) is 17.5 Å². The minimum Gasteiger partial charge on any atom is -0.386 e. The first-order valence-corrected chi connectivity index (χ1v) is 8.81. The van der Waals surface area contributed by atoms with E-state index in [9.17, 15) is 13.9 Å². The molecule has 0 radical (unpaired) electrons. The predicted octanol–water partition coefficient (Wildman–Crippen LogP) is 3.51. The summed E-state index contributed by atoms with van der Waals surface area (Å²) in [6, 6.07) is 9.89. The first kappa shape index (κ1) is 21.5. The molecule has 0 bridgehead atoms. The van der Waals surface area contributed by atoms with Crippen LogP contribution in [0.3, 0.4) is 0 Å². The van der Waals surface area contributed by atoms with Crippen molar-refractivity contribution in [3.63, 3.8) is 0 Å². The van der Waals surface area contributed by atoms with E-state index in [0.29, 0.717) is 5.96 Å². The number of thiophene rings is 1. The molecule has 146 valence electrons. The van der Waals surface area contributed by atoms with E-state index < -0.39 is 12.7 Å². The molecule has 27 heavy (non-hydrogen) atoms. The van der Waals surface area contributed by atoms with Crippen LogP contribution in [0.5, 0.6) is 0 Å². The van der Waals surface area contributed by atoms with E-state index >= 15 is 0 Å². The molecular weight excluding hydrogens is 487 g/mol. The Morgan fingerprint density at radius 2 is 2.11 bits per heavy atom. The quantitative estimate of drug-likeness (QED) is 0.271. The molecule has 1 atom stereocenters. The summed E-state index contributed by atoms with van der Waals surface area (Å²) in [6.07, 6.45) is 1.85. The molecule has 0 saturated heterocycles. The Morgan fingerprint density at radius 1 is 1.33 bits per heavy atom. The van der Waals surface area contributed by atoms with Crippen LogP contribution in [0.25, 0.3) is 10.1 Å². The molecule has 0 spiro atoms. The summed E-state index contributed by atoms with van der Waals surface area (Å²) in [5.74, 6) is 0.599. The topological polar surface area (TPSA) is 74.5 Å². The molecule has 0 amide bonds. The number of imidazole rings is 1. The first-order valence-electron chi connectivity index (χ1n) is 7.99. The molecule has 3 rings (SSSR count). The van der Waals surface area contributed by atoms with Crippen molar-refractivity contribution in [2.24, 2.45) is 4.99 Å². The van der Waals surface area contributed by atoms with Gasteiger partial charge in [0.15, 0.2) is 5.96 Å². The Morgan fingerprint density at radius 3 is 2.81 bits per heavy atom. The molecule has 10 heteroatoms. The summed E-state index contributed by atoms with van der Waals surface area (Å²) in [4.78, 5) is 8.78. The maximum absolute atomic E-state index is 12.8. The highest BCUT2D eigenvalue weighted by molar-refractivity contribution is 14.0. The van der Waals surface area contributed by atoms with Crippen molar-refractivity contribution >= 4 is 51.4 Å². The number of halogens is 3. The molecule has 3 aromatic rings. The lowest BCUT2D eigenvalue weighted by molar-refractivity contribution is 0.0668. The third kappa shape index (κ3) is 5.36. The highest BCUT2D eigenvalue weighted by Crippen LogP contribution is 2.29. The zero-order chi connectivity index (χ0) is 18.5. The van der Waals surface area contributed by atoms with Gasteiger partial charge in [0.2, 0.25) is 0 Å². The Labute approximate surface area is 176 Å². The van der Waals surface area contributed by atoms with Crippen molar-refractivity contribution in [3.8, 4) is 0 Å². The van der Waals surface area contributed by atoms with Crippen LogP contribution in [0, 0.1) is 0 Å². The van der Waals surface area contributed by atoms with Gasteiger partial charge in [0.25, 0.3) is 0 Å². The first-order chi connectivity index (χ1) is 12.6. The average molecular weight is 507 g/mol. The molecule has 0 fully saturated rings. The lowest BCUT2D eigenvalue weighted by Crippen LogP contribution is -2.39. The van der Waals surface area contributed by atoms with E-state index in [4.69, 9.17) is 0 Å². The van der Waals surface area contributed by atoms with Gasteiger partial charge in [-0.15, -0.1) is 35.3 Å². The van der Waals surface area contributed by atoms with E-state index in [-0.39, 0.29) is 42.9 Å². The third-order valence-electron chi connectivity index (χ3n) is 3.83. The lowest BCUT2D eigenvalue weighted by Gasteiger charge is -2.15. The van der Waals surface area contributed by atoms with Gasteiger partial charge >= 0.3 is 6.55 Å². The normalized spacial score (nSPS) is 12.9. The molecular formula is C17H20F2IN5OS. The Balaban J connectivity index is 0.00000261. The number of guanidine groups is 1. The molecule has 2 aromatic heterocycles. The van der Waals surface area contributed by atoms with Crippen LogP contribution in [0.4, 0.5) is 8.78 Å². The summed E-state index contributed by atoms with van der Waals surface area (Å²) < 4.78 is 27.5. The lowest BCUT2D eigenvalue weighted by atomic mass is 10.2. The van der Waals surface area contributed by atoms with E-state index in [1.165, 1.54) is 23.7 Å². The van der Waals surface area contributed by atoms with Gasteiger partial charge in [0, 0.05) is 35.6 Å². The molecule has 2 heterocycles. The molecule has 1 aromatic carbocycles. The third-order valence-corrected chi connectivity index (χ3v) is 5.05. The highest BCUT2D eigenvalue weighted by Gasteiger charge is 2.14. The van der Waals surface area contributed by atoms with E-state index in [1.54, 1.807) is 7.05 Å². The maximum Gasteiger partial charge on any atom is 0.319 e. The predicted molar refractivity (Wildman–Crippen MR) is 114 cm³/mol. The molecule has 6 nitrogen and oxygen atoms in total. The van der Waals surface area contributed by atoms with Crippen LogP contribution < -0.4 is 10.6 Å². The number of nitrogens with one attached hydrogen (secondary N) is 2. The number of hydrogen-bond donors (Lipinski definition) is 3. The van der Waals surface area contributed by atoms with Gasteiger partial charge < -0.3 is 15.7 Å². The fourth-order valence-electron chi connectivity index (χ4n) is 2.50. The Hall–Kier alpha value is -1.79. The maximum atomic E-state index is 12.8. The number of aromatic nitrogens is 2. The van der Waals surface area contributed by atoms with E-state index in [2.05, 4.69) is 20.6 Å². The van der Waals surface area contributed by atoms with Gasteiger partial charge in [-0.1, -0.05) is 18.2 Å². The fraction of sp³-hybridized carbons (Fsp3) is 0.294. The van der Waals surface area contributed by atoms with Gasteiger partial charge in [-0.3, -0.25) is 9.56 Å². The number of aliphatic hydroxyl groups excluding tert-OH is 1. The van der Waals surface area contributed by atoms with Gasteiger partial charge in [-0.25, -0.2) is 4.98 Å². The molecule has 3 N–H and O–H groups in total. The molecule has 0 saturated carbocycles. The smallest absolute Gasteiger partial charge is 0.319 e. The SMILES string of the molecule is CN=C(NCc1nccn1C(F)F)NCC(O)c1cc2ccccc2s1.I. The molecule has 1 unspecified atom stereocenters. The number of rotatable bonds is 6. The summed E-state index contributed by atoms with van der Waals surface area (Å²) in [5.41, 5.74) is 0. The van der Waals surface area contributed by atoms with Crippen molar-refractivity contribution < 1.29 is 13.9 Å². The number of nitrogens with zero attached hydrogens (tertiary/aromatic N) is 3. The zero-order valence-electron chi connectivity index (χ0n) is 14.5. The second kappa shape index (κ2) is 9.95. The fourth-order valence-corrected chi connectivity index (χ4v) is 3.55. The Bertz CT molecular complexity index is 865. The van der Waals surface area contributed by atoms with Crippen LogP contribution in [-0.2, 0) is 6.54 Å². The highest BCUT2D eigenvalue weighted by atomic mass is 127. The summed E-state index contributed by atoms with van der Waals surface area (Å²) >= 11 is 1.53. The van der Waals surface area contributed by atoms with Crippen molar-refractivity contribution in [2.75, 3.05) is 13.6 Å². The molecule has 0 aliphatic carbocycles. The van der Waals surface area contributed by atoms with Gasteiger partial charge in [-0.2, -0.15) is 8.78 Å². The largest absolute Gasteiger partial charge is 0.386 e. The summed E-state index contributed by atoms with van der Waals surface area (Å²) in [7, 11) is 1.57. The molecule has 0 aliphatic rings. The number of hydrogen-bond acceptors (Lipinski definition) is 4. The number of aliphatic hydroxyl groups is 1. The standard InChI is InChI=1S/C17H19F2N5OS.HI/c1-20-17(23-10-15-21-6-7-24(15)16(18)19)22-9-12(25)14-8-11-4-2-3-5-13(11)26-14;/h2-8,12,16,25H,9-10H2,1H3,(H2,20,22,23);1H. The van der Waals surface area contributed by atoms with Crippen LogP contribution in [-0.4, -0.2) is 34.2 Å². The monoisotopic (exact) mass is 507 g/mol. The summed E-state index contributed by atoms with van der Waals surface area (Å²) in [6.45, 7) is -2.30. The number of fused-ring (bicyclic) bond motifs is 1. The zero-order valence-corrected chi connectivity index (χ0v) is 17.6.